The highest BCUT2D eigenvalue weighted by molar-refractivity contribution is 8.77. The Morgan fingerprint density at radius 1 is 0.646 bits per heavy atom. The number of carbonyl (C=O) groups is 14. The van der Waals surface area contributed by atoms with Crippen LogP contribution in [0.4, 0.5) is 0 Å². The number of fused-ring (bicyclic) bond motifs is 9. The summed E-state index contributed by atoms with van der Waals surface area (Å²) in [6, 6.07) is -9.69. The molecule has 13 amide bonds. The smallest absolute Gasteiger partial charge is 0.303 e. The van der Waals surface area contributed by atoms with Gasteiger partial charge in [-0.15, -0.1) is 0 Å². The Labute approximate surface area is 566 Å². The minimum atomic E-state index is -1.79. The van der Waals surface area contributed by atoms with Crippen LogP contribution in [0.1, 0.15) is 68.8 Å². The lowest BCUT2D eigenvalue weighted by molar-refractivity contribution is -0.142. The predicted molar refractivity (Wildman–Crippen MR) is 351 cm³/mol. The summed E-state index contributed by atoms with van der Waals surface area (Å²) in [6.07, 6.45) is 4.85. The lowest BCUT2D eigenvalue weighted by atomic mass is 10.0. The fourth-order valence-corrected chi connectivity index (χ4v) is 14.6. The third-order valence-electron chi connectivity index (χ3n) is 15.2. The van der Waals surface area contributed by atoms with Crippen LogP contribution < -0.4 is 75.7 Å². The van der Waals surface area contributed by atoms with Gasteiger partial charge in [-0.05, 0) is 57.6 Å². The zero-order chi connectivity index (χ0) is 69.8. The number of aromatic nitrogens is 4. The van der Waals surface area contributed by atoms with E-state index in [1.165, 1.54) is 36.9 Å². The Morgan fingerprint density at radius 3 is 1.83 bits per heavy atom. The molecular weight excluding hydrogens is 1340 g/mol. The first-order valence-electron chi connectivity index (χ1n) is 30.6. The highest BCUT2D eigenvalue weighted by atomic mass is 33.1. The Balaban J connectivity index is 1.42. The number of aromatic amines is 2. The number of hydrogen-bond acceptors (Lipinski definition) is 23. The number of nitrogens with two attached hydrogens (primary N) is 3. The summed E-state index contributed by atoms with van der Waals surface area (Å²) in [4.78, 5) is 211. The molecule has 3 fully saturated rings. The van der Waals surface area contributed by atoms with E-state index >= 15 is 0 Å². The standard InChI is InChI=1S/C57H81N19O16S4/c1-29-47(82)73-40-24-94-96-25-41(74-48(83)33(59)12-13-45(79)80)55(90)75-42(54(89)70-37(18-32-20-62-28-65-32)57(92)76-15-7-11-43(76)56(91)66-29)26-95-93-23-39(46(60)81)72-53(88)38(22-77)71-51(86)35(16-30-8-3-2-4-9-30)68-52(87)36(17-31-19-61-27-64-31)69-50(85)34(10-5-6-14-58)67-44(78)21-63-49(40)84/h2-4,8-9,19-20,27-29,33-43,77H,5-7,10-18,21-26,58-59H2,1H3,(H2,60,81)(H,61,64)(H,62,65)(H,63,84)(H,66,91)(H,67,78)(H,68,87)(H,69,85)(H,70,89)(H,71,86)(H,72,88)(H,73,82)(H,74,83)(H,75,90)(H,79,80)/t29-,33-,34-,35-,36?,37-,38-,39-,40-,41-,42-,43-/m0/s1. The molecule has 0 spiro atoms. The molecule has 5 heterocycles. The van der Waals surface area contributed by atoms with E-state index in [9.17, 15) is 77.3 Å². The molecule has 1 unspecified atom stereocenters. The second kappa shape index (κ2) is 38.9. The minimum Gasteiger partial charge on any atom is -0.481 e. The SMILES string of the molecule is C[C@@H]1NC(=O)[C@@H]2CCCN2C(=O)[C@H](Cc2cnc[nH]2)NC(=O)[C@@H]2CSSC[C@@H](C(N)=O)NC(=O)[C@H](CO)NC(=O)[C@H](Cc3ccccc3)NC(=O)C(Cc3cnc[nH]3)NC(=O)[C@H](CCCCN)NC(=O)CNC(=O)[C@H](CSSC[C@H](NC(=O)[C@@H](N)CCC(=O)O)C(=O)N2)NC1=O. The normalized spacial score (nSPS) is 26.1. The molecule has 39 heteroatoms. The summed E-state index contributed by atoms with van der Waals surface area (Å²) in [7, 11) is 3.48. The van der Waals surface area contributed by atoms with Crippen molar-refractivity contribution < 1.29 is 77.3 Å². The van der Waals surface area contributed by atoms with E-state index in [4.69, 9.17) is 17.2 Å². The quantitative estimate of drug-likeness (QED) is 0.0442. The first-order valence-corrected chi connectivity index (χ1v) is 35.6. The Kier molecular flexibility index (Phi) is 31.0. The summed E-state index contributed by atoms with van der Waals surface area (Å²) in [6.45, 7) is -0.331. The first kappa shape index (κ1) is 76.5. The highest BCUT2D eigenvalue weighted by Gasteiger charge is 2.41. The number of aliphatic hydroxyl groups excluding tert-OH is 1. The van der Waals surface area contributed by atoms with E-state index in [1.54, 1.807) is 30.3 Å². The maximum Gasteiger partial charge on any atom is 0.303 e. The molecule has 0 aliphatic carbocycles. The number of imidazole rings is 2. The third kappa shape index (κ3) is 24.3. The van der Waals surface area contributed by atoms with Crippen molar-refractivity contribution in [3.05, 3.63) is 72.3 Å². The number of nitrogens with one attached hydrogen (secondary N) is 13. The molecule has 12 atom stereocenters. The van der Waals surface area contributed by atoms with Crippen molar-refractivity contribution in [2.24, 2.45) is 17.2 Å². The molecule has 35 nitrogen and oxygen atoms in total. The zero-order valence-corrected chi connectivity index (χ0v) is 55.4. The Bertz CT molecular complexity index is 3200. The van der Waals surface area contributed by atoms with Gasteiger partial charge in [0, 0.05) is 79.0 Å². The van der Waals surface area contributed by atoms with Crippen LogP contribution in [0.25, 0.3) is 0 Å². The molecule has 3 aliphatic rings. The van der Waals surface area contributed by atoms with Crippen molar-refractivity contribution in [3.8, 4) is 0 Å². The average Bonchev–Trinajstić information content (AvgIpc) is 1.60. The van der Waals surface area contributed by atoms with Crippen molar-refractivity contribution in [2.45, 2.75) is 144 Å². The number of aliphatic hydroxyl groups is 1. The van der Waals surface area contributed by atoms with Gasteiger partial charge in [-0.25, -0.2) is 9.97 Å². The summed E-state index contributed by atoms with van der Waals surface area (Å²) < 4.78 is 0. The number of nitrogens with zero attached hydrogens (tertiary/aromatic N) is 3. The molecule has 2 bridgehead atoms. The summed E-state index contributed by atoms with van der Waals surface area (Å²) in [5, 5.41) is 48.0. The molecule has 524 valence electrons. The van der Waals surface area contributed by atoms with E-state index in [2.05, 4.69) is 78.4 Å². The van der Waals surface area contributed by atoms with Gasteiger partial charge < -0.3 is 101 Å². The molecule has 1 aromatic carbocycles. The van der Waals surface area contributed by atoms with E-state index in [-0.39, 0.29) is 81.0 Å². The van der Waals surface area contributed by atoms with Crippen molar-refractivity contribution in [3.63, 3.8) is 0 Å². The van der Waals surface area contributed by atoms with Crippen LogP contribution in [0, 0.1) is 0 Å². The number of carbonyl (C=O) groups excluding carboxylic acids is 13. The fourth-order valence-electron chi connectivity index (χ4n) is 9.90. The number of H-pyrrole nitrogens is 2. The fraction of sp³-hybridized carbons (Fsp3) is 0.544. The van der Waals surface area contributed by atoms with Gasteiger partial charge in [0.25, 0.3) is 0 Å². The van der Waals surface area contributed by atoms with Gasteiger partial charge in [-0.2, -0.15) is 0 Å². The van der Waals surface area contributed by atoms with Gasteiger partial charge in [-0.3, -0.25) is 67.1 Å². The third-order valence-corrected chi connectivity index (χ3v) is 20.1. The maximum atomic E-state index is 14.8. The van der Waals surface area contributed by atoms with Crippen molar-refractivity contribution in [1.82, 2.24) is 83.3 Å². The Morgan fingerprint density at radius 2 is 1.22 bits per heavy atom. The van der Waals surface area contributed by atoms with Gasteiger partial charge in [0.2, 0.25) is 76.8 Å². The van der Waals surface area contributed by atoms with Crippen LogP contribution in [-0.2, 0) is 86.4 Å². The van der Waals surface area contributed by atoms with Crippen molar-refractivity contribution in [2.75, 3.05) is 49.3 Å². The lowest BCUT2D eigenvalue weighted by Crippen LogP contribution is -2.61. The number of unbranched alkanes of at least 4 members (excludes halogenated alkanes) is 1. The molecule has 21 N–H and O–H groups in total. The molecule has 3 saturated heterocycles. The van der Waals surface area contributed by atoms with Crippen LogP contribution in [0.3, 0.4) is 0 Å². The number of benzene rings is 1. The van der Waals surface area contributed by atoms with E-state index < -0.39 is 175 Å². The summed E-state index contributed by atoms with van der Waals surface area (Å²) in [5.74, 6) is -15.1. The summed E-state index contributed by atoms with van der Waals surface area (Å²) >= 11 is 0. The van der Waals surface area contributed by atoms with Crippen LogP contribution in [0.2, 0.25) is 0 Å². The van der Waals surface area contributed by atoms with Crippen LogP contribution in [0.5, 0.6) is 0 Å². The number of carboxylic acids is 1. The minimum absolute atomic E-state index is 0.0144. The first-order chi connectivity index (χ1) is 45.9. The second-order valence-corrected chi connectivity index (χ2v) is 27.6. The number of carboxylic acid groups (broad SMARTS) is 1. The average molecular weight is 1420 g/mol. The predicted octanol–water partition coefficient (Wildman–Crippen LogP) is -6.28. The molecule has 0 radical (unpaired) electrons. The second-order valence-electron chi connectivity index (χ2n) is 22.5. The van der Waals surface area contributed by atoms with Gasteiger partial charge in [-0.1, -0.05) is 73.5 Å². The van der Waals surface area contributed by atoms with Crippen molar-refractivity contribution >= 4 is 126 Å². The largest absolute Gasteiger partial charge is 0.481 e. The van der Waals surface area contributed by atoms with Crippen LogP contribution in [0.15, 0.2) is 55.4 Å². The topological polar surface area (TPSA) is 550 Å². The zero-order valence-electron chi connectivity index (χ0n) is 52.2. The lowest BCUT2D eigenvalue weighted by Gasteiger charge is -2.30. The maximum absolute atomic E-state index is 14.8. The van der Waals surface area contributed by atoms with E-state index in [0.717, 1.165) is 43.2 Å². The van der Waals surface area contributed by atoms with Gasteiger partial charge in [0.15, 0.2) is 0 Å². The van der Waals surface area contributed by atoms with Gasteiger partial charge >= 0.3 is 5.97 Å². The van der Waals surface area contributed by atoms with E-state index in [0.29, 0.717) is 29.8 Å². The number of amides is 13. The molecule has 2 aromatic heterocycles. The molecule has 6 rings (SSSR count). The Hall–Kier alpha value is -8.50. The van der Waals surface area contributed by atoms with Crippen LogP contribution in [-0.4, -0.2) is 240 Å². The molecule has 3 aromatic rings. The van der Waals surface area contributed by atoms with Crippen molar-refractivity contribution in [1.29, 1.82) is 0 Å². The number of primary amides is 1. The van der Waals surface area contributed by atoms with Crippen LogP contribution >= 0.6 is 43.2 Å². The number of hydrogen-bond donors (Lipinski definition) is 18. The number of rotatable bonds is 17. The van der Waals surface area contributed by atoms with E-state index in [1.807, 2.05) is 0 Å². The molecule has 96 heavy (non-hydrogen) atoms. The summed E-state index contributed by atoms with van der Waals surface area (Å²) in [5.41, 5.74) is 18.9. The molecule has 3 aliphatic heterocycles. The van der Waals surface area contributed by atoms with Gasteiger partial charge in [0.05, 0.1) is 31.8 Å². The highest BCUT2D eigenvalue weighted by Crippen LogP contribution is 2.26. The monoisotopic (exact) mass is 1420 g/mol. The number of aliphatic carboxylic acids is 1. The molecule has 0 saturated carbocycles. The molecular formula is C57H81N19O16S4. The van der Waals surface area contributed by atoms with Gasteiger partial charge in [0.1, 0.15) is 66.5 Å².